The number of aliphatic hydroxyl groups excluding tert-OH is 1. The Bertz CT molecular complexity index is 1010. The molecule has 0 aromatic carbocycles. The Balaban J connectivity index is 1.05. The predicted molar refractivity (Wildman–Crippen MR) is 152 cm³/mol. The number of aliphatic hydroxyl groups is 1. The third kappa shape index (κ3) is 4.55. The third-order valence-electron chi connectivity index (χ3n) is 13.3. The van der Waals surface area contributed by atoms with Gasteiger partial charge in [0.05, 0.1) is 13.2 Å². The Morgan fingerprint density at radius 2 is 1.77 bits per heavy atom. The Morgan fingerprint density at radius 1 is 1.03 bits per heavy atom. The van der Waals surface area contributed by atoms with Crippen LogP contribution in [0.5, 0.6) is 0 Å². The van der Waals surface area contributed by atoms with Crippen LogP contribution in [0.2, 0.25) is 0 Å². The van der Waals surface area contributed by atoms with Crippen molar-refractivity contribution in [3.63, 3.8) is 0 Å². The number of fused-ring (bicyclic) bond motifs is 5. The minimum Gasteiger partial charge on any atom is -0.453 e. The van der Waals surface area contributed by atoms with Gasteiger partial charge in [0.2, 0.25) is 5.91 Å². The molecule has 2 aliphatic heterocycles. The van der Waals surface area contributed by atoms with Gasteiger partial charge < -0.3 is 19.6 Å². The number of amides is 2. The standard InChI is InChI=1S/C33H52N2O4/c1-22(5-10-29(37)34-17-15-33(20-34)16-18-35(21-33)30(38)39-4)26-8-9-27-25-7-6-23-19-24(36)11-13-31(23,2)28(25)12-14-32(26,27)3/h6,22,24-28,36H,5,7-21H2,1-4H3/t22-,24+,25+,26-,27+,28+,31+,32-,33?/m1/s1. The normalized spacial score (nSPS) is 44.0. The van der Waals surface area contributed by atoms with Gasteiger partial charge in [-0.2, -0.15) is 0 Å². The lowest BCUT2D eigenvalue weighted by molar-refractivity contribution is -0.131. The first kappa shape index (κ1) is 27.6. The third-order valence-corrected chi connectivity index (χ3v) is 13.3. The quantitative estimate of drug-likeness (QED) is 0.442. The van der Waals surface area contributed by atoms with E-state index < -0.39 is 0 Å². The van der Waals surface area contributed by atoms with Gasteiger partial charge in [0.25, 0.3) is 0 Å². The average molecular weight is 541 g/mol. The summed E-state index contributed by atoms with van der Waals surface area (Å²) in [6.45, 7) is 10.6. The molecule has 5 fully saturated rings. The number of nitrogens with zero attached hydrogens (tertiary/aromatic N) is 2. The highest BCUT2D eigenvalue weighted by Gasteiger charge is 2.59. The van der Waals surface area contributed by atoms with E-state index in [9.17, 15) is 14.7 Å². The molecule has 0 bridgehead atoms. The zero-order chi connectivity index (χ0) is 27.6. The largest absolute Gasteiger partial charge is 0.453 e. The van der Waals surface area contributed by atoms with E-state index in [1.165, 1.54) is 39.2 Å². The second-order valence-electron chi connectivity index (χ2n) is 15.1. The molecule has 0 radical (unpaired) electrons. The van der Waals surface area contributed by atoms with Gasteiger partial charge in [-0.05, 0) is 111 Å². The number of likely N-dealkylation sites (tertiary alicyclic amines) is 2. The molecule has 2 amide bonds. The number of methoxy groups -OCH3 is 1. The lowest BCUT2D eigenvalue weighted by Crippen LogP contribution is -2.50. The van der Waals surface area contributed by atoms with Crippen molar-refractivity contribution in [3.8, 4) is 0 Å². The highest BCUT2D eigenvalue weighted by atomic mass is 16.5. The van der Waals surface area contributed by atoms with E-state index in [0.717, 1.165) is 88.4 Å². The first-order chi connectivity index (χ1) is 18.6. The smallest absolute Gasteiger partial charge is 0.409 e. The number of ether oxygens (including phenoxy) is 1. The van der Waals surface area contributed by atoms with Crippen LogP contribution in [0.3, 0.4) is 0 Å². The fourth-order valence-electron chi connectivity index (χ4n) is 11.0. The first-order valence-electron chi connectivity index (χ1n) is 16.1. The van der Waals surface area contributed by atoms with Crippen LogP contribution in [0, 0.1) is 45.8 Å². The average Bonchev–Trinajstić information content (AvgIpc) is 3.64. The monoisotopic (exact) mass is 540 g/mol. The number of carbonyl (C=O) groups excluding carboxylic acids is 2. The van der Waals surface area contributed by atoms with Crippen molar-refractivity contribution in [1.82, 2.24) is 9.80 Å². The summed E-state index contributed by atoms with van der Waals surface area (Å²) >= 11 is 0. The van der Waals surface area contributed by atoms with Crippen LogP contribution in [0.15, 0.2) is 11.6 Å². The molecule has 1 unspecified atom stereocenters. The van der Waals surface area contributed by atoms with E-state index in [-0.39, 0.29) is 17.6 Å². The summed E-state index contributed by atoms with van der Waals surface area (Å²) in [7, 11) is 1.45. The van der Waals surface area contributed by atoms with Gasteiger partial charge in [0.1, 0.15) is 0 Å². The van der Waals surface area contributed by atoms with E-state index in [0.29, 0.717) is 29.1 Å². The van der Waals surface area contributed by atoms with Crippen molar-refractivity contribution < 1.29 is 19.4 Å². The molecule has 218 valence electrons. The summed E-state index contributed by atoms with van der Waals surface area (Å²) in [6.07, 6.45) is 15.4. The van der Waals surface area contributed by atoms with Crippen LogP contribution >= 0.6 is 0 Å². The number of hydrogen-bond donors (Lipinski definition) is 1. The Labute approximate surface area is 235 Å². The van der Waals surface area contributed by atoms with Gasteiger partial charge >= 0.3 is 6.09 Å². The zero-order valence-electron chi connectivity index (χ0n) is 24.9. The predicted octanol–water partition coefficient (Wildman–Crippen LogP) is 6.03. The van der Waals surface area contributed by atoms with E-state index in [1.807, 2.05) is 4.90 Å². The van der Waals surface area contributed by atoms with Gasteiger partial charge in [0, 0.05) is 38.0 Å². The summed E-state index contributed by atoms with van der Waals surface area (Å²) in [6, 6.07) is 0. The fraction of sp³-hybridized carbons (Fsp3) is 0.879. The van der Waals surface area contributed by atoms with Gasteiger partial charge in [-0.15, -0.1) is 0 Å². The van der Waals surface area contributed by atoms with Crippen LogP contribution in [-0.4, -0.2) is 66.3 Å². The highest BCUT2D eigenvalue weighted by Crippen LogP contribution is 2.67. The SMILES string of the molecule is COC(=O)N1CCC2(CCN(C(=O)CC[C@@H](C)[C@H]3CC[C@H]4[C@@H]5CC=C6C[C@@H](O)CC[C@]6(C)[C@H]5CC[C@]34C)C2)C1. The molecule has 0 aromatic heterocycles. The molecule has 6 aliphatic rings. The minimum atomic E-state index is -0.237. The zero-order valence-corrected chi connectivity index (χ0v) is 24.9. The minimum absolute atomic E-state index is 0.0711. The maximum Gasteiger partial charge on any atom is 0.409 e. The van der Waals surface area contributed by atoms with Gasteiger partial charge in [-0.3, -0.25) is 4.79 Å². The van der Waals surface area contributed by atoms with E-state index in [4.69, 9.17) is 4.74 Å². The Hall–Kier alpha value is -1.56. The summed E-state index contributed by atoms with van der Waals surface area (Å²) in [5.41, 5.74) is 2.34. The number of rotatable bonds is 4. The van der Waals surface area contributed by atoms with Crippen LogP contribution < -0.4 is 0 Å². The maximum absolute atomic E-state index is 13.3. The molecule has 2 heterocycles. The number of allylic oxidation sites excluding steroid dienone is 1. The molecule has 6 rings (SSSR count). The van der Waals surface area contributed by atoms with Gasteiger partial charge in [0.15, 0.2) is 0 Å². The molecule has 1 N–H and O–H groups in total. The van der Waals surface area contributed by atoms with Crippen molar-refractivity contribution in [1.29, 1.82) is 0 Å². The molecule has 0 aromatic rings. The molecular weight excluding hydrogens is 488 g/mol. The van der Waals surface area contributed by atoms with E-state index in [1.54, 1.807) is 5.57 Å². The topological polar surface area (TPSA) is 70.1 Å². The summed E-state index contributed by atoms with van der Waals surface area (Å²) in [5.74, 6) is 4.00. The Kier molecular flexibility index (Phi) is 7.12. The van der Waals surface area contributed by atoms with Gasteiger partial charge in [-0.1, -0.05) is 32.4 Å². The molecule has 6 heteroatoms. The molecule has 6 nitrogen and oxygen atoms in total. The molecule has 3 saturated carbocycles. The van der Waals surface area contributed by atoms with Crippen molar-refractivity contribution >= 4 is 12.0 Å². The lowest BCUT2D eigenvalue weighted by atomic mass is 9.47. The molecule has 2 saturated heterocycles. The second-order valence-corrected chi connectivity index (χ2v) is 15.1. The molecule has 39 heavy (non-hydrogen) atoms. The van der Waals surface area contributed by atoms with Crippen molar-refractivity contribution in [2.24, 2.45) is 45.8 Å². The van der Waals surface area contributed by atoms with Crippen LogP contribution in [0.25, 0.3) is 0 Å². The lowest BCUT2D eigenvalue weighted by Gasteiger charge is -2.58. The number of hydrogen-bond acceptors (Lipinski definition) is 4. The second kappa shape index (κ2) is 10.1. The molecule has 9 atom stereocenters. The first-order valence-corrected chi connectivity index (χ1v) is 16.1. The maximum atomic E-state index is 13.3. The Morgan fingerprint density at radius 3 is 2.54 bits per heavy atom. The molecular formula is C33H52N2O4. The van der Waals surface area contributed by atoms with Crippen LogP contribution in [0.4, 0.5) is 4.79 Å². The highest BCUT2D eigenvalue weighted by molar-refractivity contribution is 5.76. The van der Waals surface area contributed by atoms with Crippen molar-refractivity contribution in [2.75, 3.05) is 33.3 Å². The van der Waals surface area contributed by atoms with Gasteiger partial charge in [-0.25, -0.2) is 4.79 Å². The summed E-state index contributed by atoms with van der Waals surface area (Å²) < 4.78 is 4.93. The van der Waals surface area contributed by atoms with E-state index in [2.05, 4.69) is 31.7 Å². The van der Waals surface area contributed by atoms with Crippen molar-refractivity contribution in [3.05, 3.63) is 11.6 Å². The van der Waals surface area contributed by atoms with E-state index >= 15 is 0 Å². The molecule has 4 aliphatic carbocycles. The molecule has 1 spiro atoms. The number of carbonyl (C=O) groups is 2. The van der Waals surface area contributed by atoms with Crippen LogP contribution in [0.1, 0.15) is 97.8 Å². The summed E-state index contributed by atoms with van der Waals surface area (Å²) in [5, 5.41) is 10.3. The van der Waals surface area contributed by atoms with Crippen molar-refractivity contribution in [2.45, 2.75) is 104 Å². The summed E-state index contributed by atoms with van der Waals surface area (Å²) in [4.78, 5) is 29.2. The fourth-order valence-corrected chi connectivity index (χ4v) is 11.0. The van der Waals surface area contributed by atoms with Crippen LogP contribution in [-0.2, 0) is 9.53 Å².